The van der Waals surface area contributed by atoms with Gasteiger partial charge in [-0.15, -0.1) is 0 Å². The van der Waals surface area contributed by atoms with E-state index in [4.69, 9.17) is 9.47 Å². The van der Waals surface area contributed by atoms with Crippen LogP contribution in [-0.4, -0.2) is 47.9 Å². The fourth-order valence-corrected chi connectivity index (χ4v) is 3.47. The molecule has 0 radical (unpaired) electrons. The quantitative estimate of drug-likeness (QED) is 0.594. The number of rotatable bonds is 5. The van der Waals surface area contributed by atoms with Gasteiger partial charge < -0.3 is 9.47 Å². The maximum atomic E-state index is 12.7. The van der Waals surface area contributed by atoms with Crippen molar-refractivity contribution in [2.75, 3.05) is 13.2 Å². The summed E-state index contributed by atoms with van der Waals surface area (Å²) < 4.78 is 9.81. The molecule has 7 nitrogen and oxygen atoms in total. The molecule has 0 bridgehead atoms. The molecule has 138 valence electrons. The molecule has 0 spiro atoms. The van der Waals surface area contributed by atoms with Crippen molar-refractivity contribution < 1.29 is 28.7 Å². The van der Waals surface area contributed by atoms with E-state index in [2.05, 4.69) is 0 Å². The molecule has 0 unspecified atom stereocenters. The molecule has 2 aromatic rings. The summed E-state index contributed by atoms with van der Waals surface area (Å²) in [7, 11) is 0. The first-order valence-corrected chi connectivity index (χ1v) is 8.80. The molecule has 2 aliphatic heterocycles. The van der Waals surface area contributed by atoms with Gasteiger partial charge in [0.2, 0.25) is 6.10 Å². The molecule has 2 aromatic carbocycles. The Kier molecular flexibility index (Phi) is 4.35. The molecule has 1 atom stereocenters. The molecule has 0 aromatic heterocycles. The number of cyclic esters (lactones) is 1. The summed E-state index contributed by atoms with van der Waals surface area (Å²) >= 11 is 0. The smallest absolute Gasteiger partial charge is 0.347 e. The highest BCUT2D eigenvalue weighted by Crippen LogP contribution is 2.30. The largest absolute Gasteiger partial charge is 0.463 e. The fourth-order valence-electron chi connectivity index (χ4n) is 3.47. The van der Waals surface area contributed by atoms with Crippen molar-refractivity contribution in [3.63, 3.8) is 0 Å². The van der Waals surface area contributed by atoms with Gasteiger partial charge in [-0.05, 0) is 23.9 Å². The van der Waals surface area contributed by atoms with Gasteiger partial charge in [-0.3, -0.25) is 19.3 Å². The van der Waals surface area contributed by atoms with Crippen molar-refractivity contribution >= 4 is 34.5 Å². The van der Waals surface area contributed by atoms with E-state index in [9.17, 15) is 19.2 Å². The summed E-state index contributed by atoms with van der Waals surface area (Å²) in [5.41, 5.74) is 0.970. The number of carbonyl (C=O) groups excluding carboxylic acids is 4. The van der Waals surface area contributed by atoms with Gasteiger partial charge in [0.05, 0.1) is 6.61 Å². The zero-order valence-corrected chi connectivity index (χ0v) is 14.5. The van der Waals surface area contributed by atoms with Crippen LogP contribution in [0.5, 0.6) is 0 Å². The van der Waals surface area contributed by atoms with Crippen molar-refractivity contribution in [1.82, 2.24) is 4.90 Å². The molecular formula is C20H17NO6. The molecule has 27 heavy (non-hydrogen) atoms. The van der Waals surface area contributed by atoms with Gasteiger partial charge in [0, 0.05) is 35.9 Å². The number of benzene rings is 2. The zero-order valence-electron chi connectivity index (χ0n) is 14.5. The predicted molar refractivity (Wildman–Crippen MR) is 94.0 cm³/mol. The van der Waals surface area contributed by atoms with E-state index in [0.29, 0.717) is 22.9 Å². The minimum absolute atomic E-state index is 0.00663. The van der Waals surface area contributed by atoms with Crippen LogP contribution in [0.2, 0.25) is 0 Å². The number of hydrogen-bond donors (Lipinski definition) is 0. The van der Waals surface area contributed by atoms with Gasteiger partial charge in [-0.2, -0.15) is 0 Å². The average Bonchev–Trinajstić information content (AvgIpc) is 3.07. The van der Waals surface area contributed by atoms with E-state index in [1.807, 2.05) is 12.1 Å². The van der Waals surface area contributed by atoms with Crippen molar-refractivity contribution in [2.24, 2.45) is 0 Å². The lowest BCUT2D eigenvalue weighted by molar-refractivity contribution is -0.160. The summed E-state index contributed by atoms with van der Waals surface area (Å²) in [6.07, 6.45) is -0.225. The second kappa shape index (κ2) is 6.83. The van der Waals surface area contributed by atoms with Gasteiger partial charge in [0.25, 0.3) is 11.8 Å². The van der Waals surface area contributed by atoms with Crippen LogP contribution in [0.1, 0.15) is 40.0 Å². The number of esters is 2. The highest BCUT2D eigenvalue weighted by molar-refractivity contribution is 6.25. The molecule has 7 heteroatoms. The Morgan fingerprint density at radius 2 is 1.74 bits per heavy atom. The standard InChI is InChI=1S/C20H17NO6/c22-16(27-15-9-11-26-20(15)25)8-3-10-21-18(23)13-6-1-4-12-5-2-7-14(17(12)13)19(21)24/h1-2,4-7,15H,3,8-11H2/t15-/m1/s1. The first kappa shape index (κ1) is 17.2. The maximum Gasteiger partial charge on any atom is 0.347 e. The van der Waals surface area contributed by atoms with Crippen LogP contribution in [0.3, 0.4) is 0 Å². The lowest BCUT2D eigenvalue weighted by Crippen LogP contribution is -2.41. The molecule has 2 heterocycles. The van der Waals surface area contributed by atoms with E-state index >= 15 is 0 Å². The Morgan fingerprint density at radius 3 is 2.33 bits per heavy atom. The van der Waals surface area contributed by atoms with Crippen LogP contribution in [0.15, 0.2) is 36.4 Å². The second-order valence-corrected chi connectivity index (χ2v) is 6.51. The van der Waals surface area contributed by atoms with Crippen LogP contribution in [0, 0.1) is 0 Å². The highest BCUT2D eigenvalue weighted by atomic mass is 16.6. The van der Waals surface area contributed by atoms with Gasteiger partial charge in [-0.1, -0.05) is 24.3 Å². The number of hydrogen-bond acceptors (Lipinski definition) is 6. The predicted octanol–water partition coefficient (Wildman–Crippen LogP) is 2.07. The Morgan fingerprint density at radius 1 is 1.07 bits per heavy atom. The Bertz CT molecular complexity index is 915. The van der Waals surface area contributed by atoms with Crippen molar-refractivity contribution in [1.29, 1.82) is 0 Å². The van der Waals surface area contributed by atoms with Crippen LogP contribution < -0.4 is 0 Å². The normalized spacial score (nSPS) is 18.7. The average molecular weight is 367 g/mol. The first-order chi connectivity index (χ1) is 13.1. The second-order valence-electron chi connectivity index (χ2n) is 6.51. The molecule has 2 aliphatic rings. The lowest BCUT2D eigenvalue weighted by Gasteiger charge is -2.27. The summed E-state index contributed by atoms with van der Waals surface area (Å²) in [6, 6.07) is 10.7. The minimum Gasteiger partial charge on any atom is -0.463 e. The summed E-state index contributed by atoms with van der Waals surface area (Å²) in [6.45, 7) is 0.352. The summed E-state index contributed by atoms with van der Waals surface area (Å²) in [5, 5.41) is 1.52. The van der Waals surface area contributed by atoms with E-state index in [1.165, 1.54) is 0 Å². The first-order valence-electron chi connectivity index (χ1n) is 8.80. The Labute approximate surface area is 154 Å². The van der Waals surface area contributed by atoms with E-state index < -0.39 is 18.0 Å². The third-order valence-electron chi connectivity index (χ3n) is 4.78. The zero-order chi connectivity index (χ0) is 19.0. The molecule has 0 saturated carbocycles. The number of imide groups is 1. The van der Waals surface area contributed by atoms with E-state index in [0.717, 1.165) is 10.3 Å². The number of nitrogens with zero attached hydrogens (tertiary/aromatic N) is 1. The molecule has 1 saturated heterocycles. The third kappa shape index (κ3) is 3.05. The monoisotopic (exact) mass is 367 g/mol. The van der Waals surface area contributed by atoms with Crippen molar-refractivity contribution in [2.45, 2.75) is 25.4 Å². The van der Waals surface area contributed by atoms with Crippen LogP contribution in [0.4, 0.5) is 0 Å². The third-order valence-corrected chi connectivity index (χ3v) is 4.78. The number of ether oxygens (including phenoxy) is 2. The number of amides is 2. The van der Waals surface area contributed by atoms with Crippen molar-refractivity contribution in [3.8, 4) is 0 Å². The van der Waals surface area contributed by atoms with Gasteiger partial charge in [-0.25, -0.2) is 4.79 Å². The van der Waals surface area contributed by atoms with Gasteiger partial charge >= 0.3 is 11.9 Å². The van der Waals surface area contributed by atoms with E-state index in [1.54, 1.807) is 24.3 Å². The van der Waals surface area contributed by atoms with Gasteiger partial charge in [0.15, 0.2) is 0 Å². The molecule has 2 amide bonds. The SMILES string of the molecule is O=C(CCCN1C(=O)c2cccc3cccc(c23)C1=O)O[C@@H]1CCOC1=O. The highest BCUT2D eigenvalue weighted by Gasteiger charge is 2.33. The molecular weight excluding hydrogens is 350 g/mol. The molecule has 0 aliphatic carbocycles. The fraction of sp³-hybridized carbons (Fsp3) is 0.300. The van der Waals surface area contributed by atoms with Crippen molar-refractivity contribution in [3.05, 3.63) is 47.5 Å². The summed E-state index contributed by atoms with van der Waals surface area (Å²) in [5.74, 6) is -1.80. The van der Waals surface area contributed by atoms with Crippen LogP contribution in [0.25, 0.3) is 10.8 Å². The Balaban J connectivity index is 1.43. The minimum atomic E-state index is -0.847. The topological polar surface area (TPSA) is 90.0 Å². The summed E-state index contributed by atoms with van der Waals surface area (Å²) in [4.78, 5) is 49.8. The number of carbonyl (C=O) groups is 4. The van der Waals surface area contributed by atoms with Gasteiger partial charge in [0.1, 0.15) is 0 Å². The molecule has 1 fully saturated rings. The lowest BCUT2D eigenvalue weighted by atomic mass is 9.94. The van der Waals surface area contributed by atoms with Crippen LogP contribution in [-0.2, 0) is 19.1 Å². The molecule has 4 rings (SSSR count). The maximum absolute atomic E-state index is 12.7. The van der Waals surface area contributed by atoms with Crippen LogP contribution >= 0.6 is 0 Å². The Hall–Kier alpha value is -3.22. The van der Waals surface area contributed by atoms with E-state index in [-0.39, 0.29) is 37.8 Å². The molecule has 0 N–H and O–H groups in total.